The highest BCUT2D eigenvalue weighted by molar-refractivity contribution is 6.31. The lowest BCUT2D eigenvalue weighted by molar-refractivity contribution is 0.0983. The zero-order valence-corrected chi connectivity index (χ0v) is 12.8. The van der Waals surface area contributed by atoms with Crippen molar-refractivity contribution in [1.29, 1.82) is 0 Å². The van der Waals surface area contributed by atoms with Gasteiger partial charge in [0.25, 0.3) is 0 Å². The van der Waals surface area contributed by atoms with Gasteiger partial charge in [-0.25, -0.2) is 4.98 Å². The average molecular weight is 312 g/mol. The van der Waals surface area contributed by atoms with Gasteiger partial charge in [-0.15, -0.1) is 0 Å². The Bertz CT molecular complexity index is 848. The highest BCUT2D eigenvalue weighted by atomic mass is 35.5. The van der Waals surface area contributed by atoms with Crippen molar-refractivity contribution in [3.8, 4) is 0 Å². The summed E-state index contributed by atoms with van der Waals surface area (Å²) in [5.74, 6) is 0.707. The van der Waals surface area contributed by atoms with Gasteiger partial charge in [0, 0.05) is 34.9 Å². The molecule has 0 atom stereocenters. The second-order valence-electron chi connectivity index (χ2n) is 4.86. The van der Waals surface area contributed by atoms with Gasteiger partial charge in [-0.05, 0) is 35.7 Å². The molecule has 0 bridgehead atoms. The number of nitrogens with zero attached hydrogens (tertiary/aromatic N) is 2. The number of ketones is 1. The Morgan fingerprint density at radius 3 is 2.77 bits per heavy atom. The van der Waals surface area contributed by atoms with E-state index in [0.29, 0.717) is 23.0 Å². The lowest BCUT2D eigenvalue weighted by Gasteiger charge is -2.09. The van der Waals surface area contributed by atoms with Gasteiger partial charge >= 0.3 is 0 Å². The fourth-order valence-corrected chi connectivity index (χ4v) is 2.39. The molecule has 0 aliphatic carbocycles. The van der Waals surface area contributed by atoms with Gasteiger partial charge in [-0.1, -0.05) is 24.6 Å². The second-order valence-corrected chi connectivity index (χ2v) is 5.29. The summed E-state index contributed by atoms with van der Waals surface area (Å²) in [7, 11) is 0. The van der Waals surface area contributed by atoms with Crippen molar-refractivity contribution in [2.24, 2.45) is 0 Å². The maximum absolute atomic E-state index is 11.8. The summed E-state index contributed by atoms with van der Waals surface area (Å²) in [6.07, 6.45) is 3.78. The third kappa shape index (κ3) is 2.92. The normalized spacial score (nSPS) is 10.6. The Labute approximate surface area is 133 Å². The van der Waals surface area contributed by atoms with Gasteiger partial charge in [-0.3, -0.25) is 9.78 Å². The van der Waals surface area contributed by atoms with E-state index in [-0.39, 0.29) is 5.78 Å². The molecule has 0 spiro atoms. The van der Waals surface area contributed by atoms with Crippen LogP contribution >= 0.6 is 11.6 Å². The number of anilines is 2. The number of nitrogens with one attached hydrogen (secondary N) is 1. The van der Waals surface area contributed by atoms with Gasteiger partial charge < -0.3 is 5.32 Å². The number of carbonyl (C=O) groups is 1. The van der Waals surface area contributed by atoms with E-state index in [1.165, 1.54) is 0 Å². The fourth-order valence-electron chi connectivity index (χ4n) is 2.22. The average Bonchev–Trinajstić information content (AvgIpc) is 2.55. The first-order valence-corrected chi connectivity index (χ1v) is 7.35. The number of aromatic nitrogens is 2. The molecule has 1 aromatic carbocycles. The lowest BCUT2D eigenvalue weighted by Crippen LogP contribution is -2.02. The summed E-state index contributed by atoms with van der Waals surface area (Å²) in [5, 5.41) is 5.85. The number of fused-ring (bicyclic) bond motifs is 1. The van der Waals surface area contributed by atoms with Crippen LogP contribution in [0.15, 0.2) is 48.8 Å². The molecule has 0 unspecified atom stereocenters. The van der Waals surface area contributed by atoms with Crippen molar-refractivity contribution in [3.63, 3.8) is 0 Å². The Morgan fingerprint density at radius 1 is 1.14 bits per heavy atom. The third-order valence-electron chi connectivity index (χ3n) is 3.36. The monoisotopic (exact) mass is 311 g/mol. The molecule has 0 radical (unpaired) electrons. The molecular weight excluding hydrogens is 298 g/mol. The SMILES string of the molecule is CCC(=O)c1cc(Nc2nccc3ccc(Cl)cc23)ccn1. The van der Waals surface area contributed by atoms with Crippen molar-refractivity contribution >= 4 is 39.7 Å². The molecule has 1 N–H and O–H groups in total. The number of benzene rings is 1. The van der Waals surface area contributed by atoms with Crippen LogP contribution in [0.2, 0.25) is 5.02 Å². The first kappa shape index (κ1) is 14.5. The molecule has 3 rings (SSSR count). The minimum absolute atomic E-state index is 0.0116. The van der Waals surface area contributed by atoms with Crippen LogP contribution < -0.4 is 5.32 Å². The number of pyridine rings is 2. The zero-order chi connectivity index (χ0) is 15.5. The topological polar surface area (TPSA) is 54.9 Å². The summed E-state index contributed by atoms with van der Waals surface area (Å²) in [4.78, 5) is 20.2. The van der Waals surface area contributed by atoms with Crippen molar-refractivity contribution in [1.82, 2.24) is 9.97 Å². The molecule has 3 aromatic rings. The number of hydrogen-bond acceptors (Lipinski definition) is 4. The minimum Gasteiger partial charge on any atom is -0.340 e. The molecule has 5 heteroatoms. The lowest BCUT2D eigenvalue weighted by atomic mass is 10.1. The predicted octanol–water partition coefficient (Wildman–Crippen LogP) is 4.62. The third-order valence-corrected chi connectivity index (χ3v) is 3.59. The van der Waals surface area contributed by atoms with Crippen LogP contribution in [-0.2, 0) is 0 Å². The van der Waals surface area contributed by atoms with E-state index in [9.17, 15) is 4.79 Å². The molecule has 0 amide bonds. The molecule has 2 heterocycles. The molecule has 2 aromatic heterocycles. The number of halogens is 1. The number of hydrogen-bond donors (Lipinski definition) is 1. The standard InChI is InChI=1S/C17H14ClN3O/c1-2-16(22)15-10-13(6-8-19-15)21-17-14-9-12(18)4-3-11(14)5-7-20-17/h3-10H,2H2,1H3,(H,19,20,21). The maximum Gasteiger partial charge on any atom is 0.180 e. The quantitative estimate of drug-likeness (QED) is 0.714. The van der Waals surface area contributed by atoms with Crippen molar-refractivity contribution in [3.05, 3.63) is 59.5 Å². The molecule has 0 aliphatic rings. The van der Waals surface area contributed by atoms with Crippen molar-refractivity contribution in [2.75, 3.05) is 5.32 Å². The van der Waals surface area contributed by atoms with Gasteiger partial charge in [0.05, 0.1) is 0 Å². The number of carbonyl (C=O) groups excluding carboxylic acids is 1. The maximum atomic E-state index is 11.8. The van der Waals surface area contributed by atoms with E-state index in [2.05, 4.69) is 15.3 Å². The van der Waals surface area contributed by atoms with Crippen molar-refractivity contribution < 1.29 is 4.79 Å². The Balaban J connectivity index is 2.00. The predicted molar refractivity (Wildman–Crippen MR) is 88.9 cm³/mol. The molecule has 110 valence electrons. The molecule has 0 saturated carbocycles. The van der Waals surface area contributed by atoms with E-state index in [1.807, 2.05) is 31.2 Å². The van der Waals surface area contributed by atoms with E-state index >= 15 is 0 Å². The zero-order valence-electron chi connectivity index (χ0n) is 12.0. The van der Waals surface area contributed by atoms with E-state index < -0.39 is 0 Å². The number of rotatable bonds is 4. The summed E-state index contributed by atoms with van der Waals surface area (Å²) in [6, 6.07) is 11.1. The molecule has 0 fully saturated rings. The highest BCUT2D eigenvalue weighted by Crippen LogP contribution is 2.27. The van der Waals surface area contributed by atoms with Gasteiger partial charge in [0.15, 0.2) is 5.78 Å². The molecule has 4 nitrogen and oxygen atoms in total. The van der Waals surface area contributed by atoms with Gasteiger partial charge in [-0.2, -0.15) is 0 Å². The van der Waals surface area contributed by atoms with E-state index in [0.717, 1.165) is 16.5 Å². The first-order chi connectivity index (χ1) is 10.7. The van der Waals surface area contributed by atoms with Crippen LogP contribution in [0.1, 0.15) is 23.8 Å². The molecule has 0 saturated heterocycles. The van der Waals surface area contributed by atoms with Crippen LogP contribution in [0, 0.1) is 0 Å². The summed E-state index contributed by atoms with van der Waals surface area (Å²) in [5.41, 5.74) is 1.22. The summed E-state index contributed by atoms with van der Waals surface area (Å²) >= 11 is 6.07. The van der Waals surface area contributed by atoms with E-state index in [4.69, 9.17) is 11.6 Å². The van der Waals surface area contributed by atoms with Crippen LogP contribution in [0.5, 0.6) is 0 Å². The summed E-state index contributed by atoms with van der Waals surface area (Å²) in [6.45, 7) is 1.82. The smallest absolute Gasteiger partial charge is 0.180 e. The molecule has 22 heavy (non-hydrogen) atoms. The second kappa shape index (κ2) is 6.12. The summed E-state index contributed by atoms with van der Waals surface area (Å²) < 4.78 is 0. The first-order valence-electron chi connectivity index (χ1n) is 6.98. The van der Waals surface area contributed by atoms with Gasteiger partial charge in [0.2, 0.25) is 0 Å². The minimum atomic E-state index is 0.0116. The van der Waals surface area contributed by atoms with Crippen LogP contribution in [-0.4, -0.2) is 15.8 Å². The highest BCUT2D eigenvalue weighted by Gasteiger charge is 2.08. The Hall–Kier alpha value is -2.46. The van der Waals surface area contributed by atoms with Crippen molar-refractivity contribution in [2.45, 2.75) is 13.3 Å². The Kier molecular flexibility index (Phi) is 4.02. The number of Topliss-reactive ketones (excluding diaryl/α,β-unsaturated/α-hetero) is 1. The van der Waals surface area contributed by atoms with Crippen LogP contribution in [0.25, 0.3) is 10.8 Å². The van der Waals surface area contributed by atoms with E-state index in [1.54, 1.807) is 24.5 Å². The molecular formula is C17H14ClN3O. The van der Waals surface area contributed by atoms with Crippen LogP contribution in [0.4, 0.5) is 11.5 Å². The Morgan fingerprint density at radius 2 is 1.95 bits per heavy atom. The van der Waals surface area contributed by atoms with Gasteiger partial charge in [0.1, 0.15) is 11.5 Å². The largest absolute Gasteiger partial charge is 0.340 e. The molecule has 0 aliphatic heterocycles. The fraction of sp³-hybridized carbons (Fsp3) is 0.118. The van der Waals surface area contributed by atoms with Crippen LogP contribution in [0.3, 0.4) is 0 Å².